The van der Waals surface area contributed by atoms with Crippen molar-refractivity contribution in [2.24, 2.45) is 5.92 Å². The molecule has 2 rings (SSSR count). The van der Waals surface area contributed by atoms with Gasteiger partial charge >= 0.3 is 0 Å². The number of hydrogen-bond donors (Lipinski definition) is 1. The average molecular weight is 362 g/mol. The standard InChI is InChI=1S/C17H18N2O5S/c1-3-12(2)17(20)18-13-4-8-15(9-5-13)25(23,24)16-10-6-14(7-11-16)19(21)22/h4-12H,3H2,1-2H3,(H,18,20)/t12-/m0/s1. The maximum atomic E-state index is 12.5. The van der Waals surface area contributed by atoms with Gasteiger partial charge in [-0.15, -0.1) is 0 Å². The van der Waals surface area contributed by atoms with E-state index in [1.165, 1.54) is 36.4 Å². The van der Waals surface area contributed by atoms with E-state index in [0.29, 0.717) is 12.1 Å². The molecule has 0 aromatic heterocycles. The number of carbonyl (C=O) groups is 1. The fraction of sp³-hybridized carbons (Fsp3) is 0.235. The summed E-state index contributed by atoms with van der Waals surface area (Å²) in [7, 11) is -3.78. The molecule has 132 valence electrons. The molecular weight excluding hydrogens is 344 g/mol. The molecule has 0 aliphatic heterocycles. The van der Waals surface area contributed by atoms with Crippen molar-refractivity contribution in [3.05, 3.63) is 58.6 Å². The molecule has 2 aromatic rings. The van der Waals surface area contributed by atoms with E-state index in [2.05, 4.69) is 5.32 Å². The Morgan fingerprint density at radius 3 is 2.00 bits per heavy atom. The van der Waals surface area contributed by atoms with E-state index in [1.807, 2.05) is 13.8 Å². The molecule has 0 bridgehead atoms. The van der Waals surface area contributed by atoms with Crippen molar-refractivity contribution in [1.82, 2.24) is 0 Å². The Morgan fingerprint density at radius 2 is 1.56 bits per heavy atom. The van der Waals surface area contributed by atoms with Gasteiger partial charge in [-0.25, -0.2) is 8.42 Å². The minimum Gasteiger partial charge on any atom is -0.326 e. The molecule has 7 nitrogen and oxygen atoms in total. The molecule has 0 fully saturated rings. The van der Waals surface area contributed by atoms with Gasteiger partial charge in [-0.2, -0.15) is 0 Å². The Labute approximate surface area is 145 Å². The van der Waals surface area contributed by atoms with Gasteiger partial charge in [0.05, 0.1) is 14.7 Å². The van der Waals surface area contributed by atoms with Crippen molar-refractivity contribution >= 4 is 27.1 Å². The van der Waals surface area contributed by atoms with Crippen molar-refractivity contribution in [2.75, 3.05) is 5.32 Å². The number of benzene rings is 2. The maximum Gasteiger partial charge on any atom is 0.269 e. The van der Waals surface area contributed by atoms with Crippen LogP contribution in [0.1, 0.15) is 20.3 Å². The topological polar surface area (TPSA) is 106 Å². The third-order valence-corrected chi connectivity index (χ3v) is 5.64. The number of nitro groups is 1. The van der Waals surface area contributed by atoms with Gasteiger partial charge in [0, 0.05) is 23.7 Å². The minimum absolute atomic E-state index is 0.0329. The monoisotopic (exact) mass is 362 g/mol. The largest absolute Gasteiger partial charge is 0.326 e. The van der Waals surface area contributed by atoms with E-state index in [0.717, 1.165) is 12.1 Å². The molecule has 0 unspecified atom stereocenters. The molecule has 1 amide bonds. The first-order valence-electron chi connectivity index (χ1n) is 7.66. The maximum absolute atomic E-state index is 12.5. The molecule has 0 heterocycles. The van der Waals surface area contributed by atoms with Crippen LogP contribution in [0.25, 0.3) is 0 Å². The summed E-state index contributed by atoms with van der Waals surface area (Å²) in [4.78, 5) is 21.9. The summed E-state index contributed by atoms with van der Waals surface area (Å²) in [5.41, 5.74) is 0.329. The third-order valence-electron chi connectivity index (χ3n) is 3.85. The van der Waals surface area contributed by atoms with E-state index in [1.54, 1.807) is 0 Å². The molecule has 8 heteroatoms. The predicted octanol–water partition coefficient (Wildman–Crippen LogP) is 3.41. The summed E-state index contributed by atoms with van der Waals surface area (Å²) in [6.07, 6.45) is 0.707. The second kappa shape index (κ2) is 7.43. The fourth-order valence-corrected chi connectivity index (χ4v) is 3.31. The Kier molecular flexibility index (Phi) is 5.53. The number of non-ortho nitro benzene ring substituents is 1. The van der Waals surface area contributed by atoms with E-state index in [9.17, 15) is 23.3 Å². The Morgan fingerprint density at radius 1 is 1.08 bits per heavy atom. The molecule has 0 radical (unpaired) electrons. The molecule has 1 atom stereocenters. The van der Waals surface area contributed by atoms with E-state index in [4.69, 9.17) is 0 Å². The van der Waals surface area contributed by atoms with E-state index < -0.39 is 14.8 Å². The van der Waals surface area contributed by atoms with Crippen LogP contribution in [0.4, 0.5) is 11.4 Å². The number of sulfone groups is 1. The molecule has 0 spiro atoms. The first kappa shape index (κ1) is 18.6. The van der Waals surface area contributed by atoms with Crippen LogP contribution < -0.4 is 5.32 Å². The minimum atomic E-state index is -3.78. The Bertz CT molecular complexity index is 874. The van der Waals surface area contributed by atoms with Crippen molar-refractivity contribution in [3.8, 4) is 0 Å². The zero-order valence-electron chi connectivity index (χ0n) is 13.8. The van der Waals surface area contributed by atoms with Crippen LogP contribution in [0.3, 0.4) is 0 Å². The molecule has 25 heavy (non-hydrogen) atoms. The molecule has 1 N–H and O–H groups in total. The highest BCUT2D eigenvalue weighted by Crippen LogP contribution is 2.24. The predicted molar refractivity (Wildman–Crippen MR) is 93.1 cm³/mol. The van der Waals surface area contributed by atoms with Gasteiger partial charge in [-0.1, -0.05) is 13.8 Å². The smallest absolute Gasteiger partial charge is 0.269 e. The summed E-state index contributed by atoms with van der Waals surface area (Å²) >= 11 is 0. The lowest BCUT2D eigenvalue weighted by molar-refractivity contribution is -0.384. The molecule has 2 aromatic carbocycles. The molecule has 0 aliphatic carbocycles. The Balaban J connectivity index is 2.22. The summed E-state index contributed by atoms with van der Waals surface area (Å²) in [6, 6.07) is 10.5. The number of nitrogens with zero attached hydrogens (tertiary/aromatic N) is 1. The van der Waals surface area contributed by atoms with E-state index in [-0.39, 0.29) is 27.3 Å². The second-order valence-electron chi connectivity index (χ2n) is 5.58. The average Bonchev–Trinajstić information content (AvgIpc) is 2.61. The summed E-state index contributed by atoms with van der Waals surface area (Å²) < 4.78 is 25.1. The number of anilines is 1. The van der Waals surface area contributed by atoms with Gasteiger partial charge < -0.3 is 5.32 Å². The third kappa shape index (κ3) is 4.21. The zero-order valence-corrected chi connectivity index (χ0v) is 14.6. The van der Waals surface area contributed by atoms with Gasteiger partial charge in [0.25, 0.3) is 5.69 Å². The van der Waals surface area contributed by atoms with Gasteiger partial charge in [-0.3, -0.25) is 14.9 Å². The zero-order chi connectivity index (χ0) is 18.6. The first-order valence-corrected chi connectivity index (χ1v) is 9.14. The number of nitro benzene ring substituents is 1. The van der Waals surface area contributed by atoms with E-state index >= 15 is 0 Å². The normalized spacial score (nSPS) is 12.4. The lowest BCUT2D eigenvalue weighted by atomic mass is 10.1. The first-order chi connectivity index (χ1) is 11.8. The quantitative estimate of drug-likeness (QED) is 0.626. The van der Waals surface area contributed by atoms with Crippen LogP contribution in [-0.2, 0) is 14.6 Å². The number of carbonyl (C=O) groups excluding carboxylic acids is 1. The summed E-state index contributed by atoms with van der Waals surface area (Å²) in [6.45, 7) is 3.72. The Hall–Kier alpha value is -2.74. The molecule has 0 saturated heterocycles. The van der Waals surface area contributed by atoms with Gasteiger partial charge in [0.1, 0.15) is 0 Å². The van der Waals surface area contributed by atoms with Crippen molar-refractivity contribution in [3.63, 3.8) is 0 Å². The lowest BCUT2D eigenvalue weighted by Crippen LogP contribution is -2.19. The van der Waals surface area contributed by atoms with Crippen LogP contribution in [0.2, 0.25) is 0 Å². The lowest BCUT2D eigenvalue weighted by Gasteiger charge is -2.10. The fourth-order valence-electron chi connectivity index (χ4n) is 2.05. The molecule has 0 aliphatic rings. The highest BCUT2D eigenvalue weighted by Gasteiger charge is 2.19. The summed E-state index contributed by atoms with van der Waals surface area (Å²) in [5.74, 6) is -0.267. The highest BCUT2D eigenvalue weighted by molar-refractivity contribution is 7.91. The van der Waals surface area contributed by atoms with Gasteiger partial charge in [0.15, 0.2) is 0 Å². The SMILES string of the molecule is CC[C@H](C)C(=O)Nc1ccc(S(=O)(=O)c2ccc([N+](=O)[O-])cc2)cc1. The number of hydrogen-bond acceptors (Lipinski definition) is 5. The van der Waals surface area contributed by atoms with Crippen molar-refractivity contribution in [2.45, 2.75) is 30.1 Å². The number of rotatable bonds is 6. The van der Waals surface area contributed by atoms with Crippen molar-refractivity contribution in [1.29, 1.82) is 0 Å². The molecular formula is C17H18N2O5S. The highest BCUT2D eigenvalue weighted by atomic mass is 32.2. The summed E-state index contributed by atoms with van der Waals surface area (Å²) in [5, 5.41) is 13.4. The van der Waals surface area contributed by atoms with Crippen LogP contribution in [-0.4, -0.2) is 19.2 Å². The van der Waals surface area contributed by atoms with Gasteiger partial charge in [-0.05, 0) is 42.8 Å². The van der Waals surface area contributed by atoms with Crippen LogP contribution >= 0.6 is 0 Å². The van der Waals surface area contributed by atoms with Crippen LogP contribution in [0.15, 0.2) is 58.3 Å². The number of amides is 1. The molecule has 0 saturated carbocycles. The van der Waals surface area contributed by atoms with Gasteiger partial charge in [0.2, 0.25) is 15.7 Å². The second-order valence-corrected chi connectivity index (χ2v) is 7.53. The number of nitrogens with one attached hydrogen (secondary N) is 1. The van der Waals surface area contributed by atoms with Crippen LogP contribution in [0.5, 0.6) is 0 Å². The van der Waals surface area contributed by atoms with Crippen molar-refractivity contribution < 1.29 is 18.1 Å². The van der Waals surface area contributed by atoms with Crippen LogP contribution in [0, 0.1) is 16.0 Å².